The third-order valence-electron chi connectivity index (χ3n) is 4.07. The first-order chi connectivity index (χ1) is 13.8. The van der Waals surface area contributed by atoms with Crippen LogP contribution in [0.2, 0.25) is 0 Å². The van der Waals surface area contributed by atoms with Crippen LogP contribution in [0.3, 0.4) is 0 Å². The van der Waals surface area contributed by atoms with Crippen molar-refractivity contribution in [3.8, 4) is 0 Å². The zero-order valence-corrected chi connectivity index (χ0v) is 16.5. The Morgan fingerprint density at radius 3 is 2.34 bits per heavy atom. The van der Waals surface area contributed by atoms with Gasteiger partial charge < -0.3 is 14.0 Å². The van der Waals surface area contributed by atoms with E-state index in [0.717, 1.165) is 0 Å². The third kappa shape index (κ3) is 5.93. The van der Waals surface area contributed by atoms with E-state index in [1.807, 2.05) is 0 Å². The highest BCUT2D eigenvalue weighted by atomic mass is 16.5. The van der Waals surface area contributed by atoms with E-state index in [9.17, 15) is 19.2 Å². The summed E-state index contributed by atoms with van der Waals surface area (Å²) in [5.41, 5.74) is 6.40. The van der Waals surface area contributed by atoms with E-state index in [2.05, 4.69) is 10.9 Å². The van der Waals surface area contributed by atoms with Crippen LogP contribution in [0.25, 0.3) is 0 Å². The molecule has 0 radical (unpaired) electrons. The van der Waals surface area contributed by atoms with Crippen molar-refractivity contribution >= 4 is 23.8 Å². The van der Waals surface area contributed by atoms with Gasteiger partial charge in [0.05, 0.1) is 12.2 Å². The topological polar surface area (TPSA) is 116 Å². The van der Waals surface area contributed by atoms with E-state index in [-0.39, 0.29) is 13.2 Å². The largest absolute Gasteiger partial charge is 0.462 e. The minimum Gasteiger partial charge on any atom is -0.462 e. The van der Waals surface area contributed by atoms with E-state index >= 15 is 0 Å². The summed E-state index contributed by atoms with van der Waals surface area (Å²) in [7, 11) is 0. The number of benzene rings is 1. The van der Waals surface area contributed by atoms with Crippen LogP contribution in [0, 0.1) is 13.8 Å². The van der Waals surface area contributed by atoms with E-state index < -0.39 is 30.4 Å². The van der Waals surface area contributed by atoms with Crippen molar-refractivity contribution in [3.05, 3.63) is 58.9 Å². The van der Waals surface area contributed by atoms with Crippen LogP contribution in [0.4, 0.5) is 0 Å². The smallest absolute Gasteiger partial charge is 0.339 e. The summed E-state index contributed by atoms with van der Waals surface area (Å²) in [4.78, 5) is 47.6. The van der Waals surface area contributed by atoms with Crippen molar-refractivity contribution in [2.75, 3.05) is 13.2 Å². The maximum atomic E-state index is 12.1. The van der Waals surface area contributed by atoms with Gasteiger partial charge in [-0.2, -0.15) is 0 Å². The second-order valence-electron chi connectivity index (χ2n) is 6.12. The number of carbonyl (C=O) groups is 4. The summed E-state index contributed by atoms with van der Waals surface area (Å²) < 4.78 is 11.5. The predicted molar refractivity (Wildman–Crippen MR) is 103 cm³/mol. The van der Waals surface area contributed by atoms with Gasteiger partial charge in [0.15, 0.2) is 6.61 Å². The number of ether oxygens (including phenoxy) is 2. The molecule has 0 fully saturated rings. The number of aromatic nitrogens is 1. The van der Waals surface area contributed by atoms with Gasteiger partial charge in [-0.25, -0.2) is 4.79 Å². The van der Waals surface area contributed by atoms with E-state index in [1.165, 1.54) is 0 Å². The minimum absolute atomic E-state index is 0.166. The minimum atomic E-state index is -0.684. The summed E-state index contributed by atoms with van der Waals surface area (Å²) in [6, 6.07) is 9.96. The third-order valence-corrected chi connectivity index (χ3v) is 4.07. The molecule has 2 amide bonds. The second kappa shape index (κ2) is 10.1. The van der Waals surface area contributed by atoms with Gasteiger partial charge in [0, 0.05) is 17.0 Å². The average molecular weight is 401 g/mol. The molecule has 0 aliphatic rings. The Hall–Kier alpha value is -3.62. The molecule has 0 spiro atoms. The summed E-state index contributed by atoms with van der Waals surface area (Å²) in [5.74, 6) is -2.30. The highest BCUT2D eigenvalue weighted by molar-refractivity contribution is 5.95. The van der Waals surface area contributed by atoms with Crippen LogP contribution in [-0.4, -0.2) is 41.5 Å². The number of amides is 2. The number of hydrazine groups is 1. The van der Waals surface area contributed by atoms with Gasteiger partial charge in [0.25, 0.3) is 11.8 Å². The fourth-order valence-electron chi connectivity index (χ4n) is 2.60. The first-order valence-corrected chi connectivity index (χ1v) is 8.97. The Labute approximate surface area is 168 Å². The SMILES string of the molecule is CCOC(=O)c1cc(C)n(CC(=O)OCC(=O)NNC(=O)c2ccccc2)c1C. The van der Waals surface area contributed by atoms with Crippen LogP contribution in [0.5, 0.6) is 0 Å². The normalized spacial score (nSPS) is 10.2. The Balaban J connectivity index is 1.83. The molecule has 1 heterocycles. The highest BCUT2D eigenvalue weighted by Gasteiger charge is 2.19. The molecule has 0 aliphatic heterocycles. The monoisotopic (exact) mass is 401 g/mol. The maximum absolute atomic E-state index is 12.1. The average Bonchev–Trinajstić information content (AvgIpc) is 2.99. The van der Waals surface area contributed by atoms with Crippen molar-refractivity contribution in [1.29, 1.82) is 0 Å². The number of hydrogen-bond acceptors (Lipinski definition) is 6. The Bertz CT molecular complexity index is 904. The molecule has 1 aromatic heterocycles. The van der Waals surface area contributed by atoms with Crippen molar-refractivity contribution in [2.24, 2.45) is 0 Å². The molecule has 0 aliphatic carbocycles. The predicted octanol–water partition coefficient (Wildman–Crippen LogP) is 1.29. The number of nitrogens with one attached hydrogen (secondary N) is 2. The molecule has 2 N–H and O–H groups in total. The molecule has 2 rings (SSSR count). The molecule has 0 unspecified atom stereocenters. The Morgan fingerprint density at radius 1 is 1.00 bits per heavy atom. The lowest BCUT2D eigenvalue weighted by atomic mass is 10.2. The zero-order valence-electron chi connectivity index (χ0n) is 16.5. The van der Waals surface area contributed by atoms with Crippen LogP contribution in [0.1, 0.15) is 39.0 Å². The highest BCUT2D eigenvalue weighted by Crippen LogP contribution is 2.16. The van der Waals surface area contributed by atoms with Crippen LogP contribution >= 0.6 is 0 Å². The van der Waals surface area contributed by atoms with E-state index in [0.29, 0.717) is 22.5 Å². The molecular weight excluding hydrogens is 378 g/mol. The lowest BCUT2D eigenvalue weighted by Crippen LogP contribution is -2.43. The first-order valence-electron chi connectivity index (χ1n) is 8.97. The molecule has 9 nitrogen and oxygen atoms in total. The Kier molecular flexibility index (Phi) is 7.53. The second-order valence-corrected chi connectivity index (χ2v) is 6.12. The number of hydrogen-bond donors (Lipinski definition) is 2. The summed E-state index contributed by atoms with van der Waals surface area (Å²) in [6.45, 7) is 4.67. The van der Waals surface area contributed by atoms with Gasteiger partial charge in [-0.05, 0) is 39.0 Å². The fraction of sp³-hybridized carbons (Fsp3) is 0.300. The molecule has 1 aromatic carbocycles. The van der Waals surface area contributed by atoms with Gasteiger partial charge in [0.2, 0.25) is 0 Å². The number of carbonyl (C=O) groups excluding carboxylic acids is 4. The maximum Gasteiger partial charge on any atom is 0.339 e. The standard InChI is InChI=1S/C20H23N3O6/c1-4-28-20(27)16-10-13(2)23(14(16)3)11-18(25)29-12-17(24)21-22-19(26)15-8-6-5-7-9-15/h5-10H,4,11-12H2,1-3H3,(H,21,24)(H,22,26). The molecule has 29 heavy (non-hydrogen) atoms. The lowest BCUT2D eigenvalue weighted by molar-refractivity contribution is -0.149. The van der Waals surface area contributed by atoms with Gasteiger partial charge in [-0.3, -0.25) is 25.2 Å². The van der Waals surface area contributed by atoms with E-state index in [4.69, 9.17) is 9.47 Å². The van der Waals surface area contributed by atoms with Crippen molar-refractivity contribution < 1.29 is 28.7 Å². The molecular formula is C20H23N3O6. The summed E-state index contributed by atoms with van der Waals surface area (Å²) >= 11 is 0. The van der Waals surface area contributed by atoms with Crippen molar-refractivity contribution in [3.63, 3.8) is 0 Å². The molecule has 0 bridgehead atoms. The summed E-state index contributed by atoms with van der Waals surface area (Å²) in [6.07, 6.45) is 0. The van der Waals surface area contributed by atoms with Gasteiger partial charge in [0.1, 0.15) is 6.54 Å². The lowest BCUT2D eigenvalue weighted by Gasteiger charge is -2.11. The quantitative estimate of drug-likeness (QED) is 0.534. The molecule has 0 saturated carbocycles. The van der Waals surface area contributed by atoms with Crippen molar-refractivity contribution in [2.45, 2.75) is 27.3 Å². The molecule has 9 heteroatoms. The molecule has 154 valence electrons. The van der Waals surface area contributed by atoms with Crippen molar-refractivity contribution in [1.82, 2.24) is 15.4 Å². The number of nitrogens with zero attached hydrogens (tertiary/aromatic N) is 1. The molecule has 0 saturated heterocycles. The van der Waals surface area contributed by atoms with Crippen LogP contribution < -0.4 is 10.9 Å². The first kappa shape index (κ1) is 21.7. The molecule has 2 aromatic rings. The molecule has 0 atom stereocenters. The van der Waals surface area contributed by atoms with Gasteiger partial charge >= 0.3 is 11.9 Å². The van der Waals surface area contributed by atoms with Crippen LogP contribution in [-0.2, 0) is 25.6 Å². The van der Waals surface area contributed by atoms with Gasteiger partial charge in [-0.1, -0.05) is 18.2 Å². The van der Waals surface area contributed by atoms with Gasteiger partial charge in [-0.15, -0.1) is 0 Å². The number of rotatable bonds is 7. The zero-order chi connectivity index (χ0) is 21.4. The summed E-state index contributed by atoms with van der Waals surface area (Å²) in [5, 5.41) is 0. The Morgan fingerprint density at radius 2 is 1.69 bits per heavy atom. The number of aryl methyl sites for hydroxylation is 1. The van der Waals surface area contributed by atoms with Crippen LogP contribution in [0.15, 0.2) is 36.4 Å². The fourth-order valence-corrected chi connectivity index (χ4v) is 2.60. The van der Waals surface area contributed by atoms with E-state index in [1.54, 1.807) is 61.7 Å². The number of esters is 2.